The molecule has 5 heteroatoms. The topological polar surface area (TPSA) is 61.3 Å². The molecule has 0 aliphatic carbocycles. The molecule has 0 fully saturated rings. The summed E-state index contributed by atoms with van der Waals surface area (Å²) in [5, 5.41) is 9.87. The molecule has 230 valence electrons. The summed E-state index contributed by atoms with van der Waals surface area (Å²) >= 11 is 0. The third kappa shape index (κ3) is 22.9. The molecule has 1 unspecified atom stereocenters. The molecule has 0 aliphatic rings. The lowest BCUT2D eigenvalue weighted by Crippen LogP contribution is -2.20. The highest BCUT2D eigenvalue weighted by Crippen LogP contribution is 2.20. The predicted octanol–water partition coefficient (Wildman–Crippen LogP) is 8.86. The van der Waals surface area contributed by atoms with Crippen LogP contribution in [-0.4, -0.2) is 38.4 Å². The highest BCUT2D eigenvalue weighted by Gasteiger charge is 2.09. The first-order valence-corrected chi connectivity index (χ1v) is 15.0. The normalized spacial score (nSPS) is 11.1. The van der Waals surface area contributed by atoms with Crippen molar-refractivity contribution >= 4 is 12.5 Å². The summed E-state index contributed by atoms with van der Waals surface area (Å²) in [6.07, 6.45) is 27.0. The van der Waals surface area contributed by atoms with Crippen LogP contribution < -0.4 is 16.0 Å². The fourth-order valence-corrected chi connectivity index (χ4v) is 3.53. The van der Waals surface area contributed by atoms with Crippen molar-refractivity contribution in [3.63, 3.8) is 0 Å². The Labute approximate surface area is 258 Å². The van der Waals surface area contributed by atoms with Crippen molar-refractivity contribution < 1.29 is 0 Å². The van der Waals surface area contributed by atoms with E-state index in [4.69, 9.17) is 0 Å². The summed E-state index contributed by atoms with van der Waals surface area (Å²) in [4.78, 5) is 8.35. The zero-order valence-electron chi connectivity index (χ0n) is 27.4. The van der Waals surface area contributed by atoms with E-state index in [0.29, 0.717) is 5.92 Å². The number of nitrogens with zero attached hydrogens (tertiary/aromatic N) is 2. The monoisotopic (exact) mass is 571 g/mol. The molecule has 42 heavy (non-hydrogen) atoms. The average molecular weight is 572 g/mol. The number of benzene rings is 1. The lowest BCUT2D eigenvalue weighted by Gasteiger charge is -2.17. The van der Waals surface area contributed by atoms with Gasteiger partial charge in [-0.3, -0.25) is 0 Å². The summed E-state index contributed by atoms with van der Waals surface area (Å²) < 4.78 is 0. The van der Waals surface area contributed by atoms with Gasteiger partial charge in [-0.2, -0.15) is 0 Å². The number of hydrogen-bond acceptors (Lipinski definition) is 5. The van der Waals surface area contributed by atoms with Gasteiger partial charge in [0.1, 0.15) is 11.6 Å². The SMILES string of the molecule is C#C.C=N/C(=C\C=C(C)C)NCC(C/C=C\C=C/C)c1ccccc1.CC.CNCCCCCNc1ccc(C)cn1. The van der Waals surface area contributed by atoms with Gasteiger partial charge >= 0.3 is 0 Å². The number of anilines is 1. The van der Waals surface area contributed by atoms with Crippen LogP contribution in [0.1, 0.15) is 77.3 Å². The quantitative estimate of drug-likeness (QED) is 0.0815. The highest BCUT2D eigenvalue weighted by atomic mass is 15.0. The third-order valence-electron chi connectivity index (χ3n) is 5.73. The summed E-state index contributed by atoms with van der Waals surface area (Å²) in [7, 11) is 1.99. The number of unbranched alkanes of at least 4 members (excludes halogenated alkanes) is 2. The van der Waals surface area contributed by atoms with E-state index < -0.39 is 0 Å². The average Bonchev–Trinajstić information content (AvgIpc) is 3.03. The Hall–Kier alpha value is -3.88. The van der Waals surface area contributed by atoms with Gasteiger partial charge in [0.25, 0.3) is 0 Å². The van der Waals surface area contributed by atoms with Gasteiger partial charge in [0.15, 0.2) is 0 Å². The van der Waals surface area contributed by atoms with E-state index in [9.17, 15) is 0 Å². The van der Waals surface area contributed by atoms with E-state index >= 15 is 0 Å². The minimum atomic E-state index is 0.398. The first-order valence-electron chi connectivity index (χ1n) is 15.0. The maximum Gasteiger partial charge on any atom is 0.125 e. The molecule has 2 aromatic rings. The van der Waals surface area contributed by atoms with Crippen LogP contribution in [0.15, 0.2) is 102 Å². The number of terminal acetylenes is 1. The van der Waals surface area contributed by atoms with Crippen molar-refractivity contribution in [2.45, 2.75) is 73.1 Å². The maximum atomic E-state index is 4.29. The van der Waals surface area contributed by atoms with Crippen LogP contribution >= 0.6 is 0 Å². The summed E-state index contributed by atoms with van der Waals surface area (Å²) in [6, 6.07) is 14.7. The van der Waals surface area contributed by atoms with E-state index in [1.165, 1.54) is 36.0 Å². The molecule has 2 rings (SSSR count). The minimum absolute atomic E-state index is 0.398. The smallest absolute Gasteiger partial charge is 0.125 e. The molecule has 0 bridgehead atoms. The number of aliphatic imine (C=N–C) groups is 1. The van der Waals surface area contributed by atoms with Crippen LogP contribution in [0.3, 0.4) is 0 Å². The first kappa shape index (κ1) is 40.3. The van der Waals surface area contributed by atoms with Crippen molar-refractivity contribution in [2.75, 3.05) is 32.0 Å². The molecule has 0 radical (unpaired) electrons. The lowest BCUT2D eigenvalue weighted by molar-refractivity contribution is 0.634. The molecule has 1 aromatic heterocycles. The van der Waals surface area contributed by atoms with Crippen LogP contribution in [0.5, 0.6) is 0 Å². The summed E-state index contributed by atoms with van der Waals surface area (Å²) in [5.74, 6) is 2.19. The Balaban J connectivity index is 0. The van der Waals surface area contributed by atoms with Gasteiger partial charge in [-0.25, -0.2) is 9.98 Å². The zero-order chi connectivity index (χ0) is 31.8. The number of hydrogen-bond donors (Lipinski definition) is 3. The van der Waals surface area contributed by atoms with Crippen LogP contribution in [0.25, 0.3) is 0 Å². The lowest BCUT2D eigenvalue weighted by atomic mass is 9.95. The summed E-state index contributed by atoms with van der Waals surface area (Å²) in [6.45, 7) is 18.8. The molecule has 3 N–H and O–H groups in total. The molecular formula is C37H57N5. The number of allylic oxidation sites excluding steroid dienone is 7. The van der Waals surface area contributed by atoms with Gasteiger partial charge in [0.05, 0.1) is 0 Å². The molecule has 0 saturated carbocycles. The van der Waals surface area contributed by atoms with Crippen molar-refractivity contribution in [1.82, 2.24) is 15.6 Å². The number of aromatic nitrogens is 1. The molecule has 1 aromatic carbocycles. The second-order valence-corrected chi connectivity index (χ2v) is 9.44. The predicted molar refractivity (Wildman–Crippen MR) is 189 cm³/mol. The van der Waals surface area contributed by atoms with Gasteiger partial charge in [-0.15, -0.1) is 12.8 Å². The van der Waals surface area contributed by atoms with Gasteiger partial charge in [0, 0.05) is 25.2 Å². The Morgan fingerprint density at radius 2 is 1.67 bits per heavy atom. The minimum Gasteiger partial charge on any atom is -0.370 e. The van der Waals surface area contributed by atoms with Crippen molar-refractivity contribution in [3.05, 3.63) is 108 Å². The van der Waals surface area contributed by atoms with Crippen LogP contribution in [-0.2, 0) is 0 Å². The van der Waals surface area contributed by atoms with Crippen LogP contribution in [0, 0.1) is 19.8 Å². The largest absolute Gasteiger partial charge is 0.370 e. The van der Waals surface area contributed by atoms with Crippen molar-refractivity contribution in [2.24, 2.45) is 4.99 Å². The fraction of sp³-hybridized carbons (Fsp3) is 0.405. The molecule has 1 heterocycles. The number of nitrogens with one attached hydrogen (secondary N) is 3. The fourth-order valence-electron chi connectivity index (χ4n) is 3.53. The second kappa shape index (κ2) is 30.1. The molecule has 0 spiro atoms. The standard InChI is InChI=1S/C21H28N2.C12H21N3.C2H6.C2H2/c1-5-6-7-9-14-20(19-12-10-8-11-13-19)17-23-21(22-4)16-15-18(2)3;1-11-6-7-12(15-10-11)14-9-5-3-4-8-13-2;2*1-2/h5-13,15-16,20,23H,4,14,17H2,1-3H3;6-7,10,13H,3-5,8-9H2,1-2H3,(H,14,15);1-2H3;1-2H/b6-5-,9-7-,21-16+;;;. The number of rotatable bonds is 16. The molecule has 0 aliphatic heterocycles. The highest BCUT2D eigenvalue weighted by molar-refractivity contribution is 5.35. The van der Waals surface area contributed by atoms with Gasteiger partial charge in [-0.05, 0) is 90.5 Å². The number of aryl methyl sites for hydroxylation is 1. The molecule has 0 saturated heterocycles. The summed E-state index contributed by atoms with van der Waals surface area (Å²) in [5.41, 5.74) is 3.77. The van der Waals surface area contributed by atoms with Crippen molar-refractivity contribution in [1.29, 1.82) is 0 Å². The van der Waals surface area contributed by atoms with Gasteiger partial charge in [0.2, 0.25) is 0 Å². The van der Waals surface area contributed by atoms with E-state index in [-0.39, 0.29) is 0 Å². The molecule has 0 amide bonds. The zero-order valence-corrected chi connectivity index (χ0v) is 27.4. The van der Waals surface area contributed by atoms with E-state index in [2.05, 4.69) is 121 Å². The molecule has 1 atom stereocenters. The molecule has 5 nitrogen and oxygen atoms in total. The van der Waals surface area contributed by atoms with Crippen LogP contribution in [0.2, 0.25) is 0 Å². The van der Waals surface area contributed by atoms with Gasteiger partial charge < -0.3 is 16.0 Å². The molecular weight excluding hydrogens is 514 g/mol. The Bertz CT molecular complexity index is 1030. The van der Waals surface area contributed by atoms with Crippen molar-refractivity contribution in [3.8, 4) is 12.8 Å². The maximum absolute atomic E-state index is 4.29. The van der Waals surface area contributed by atoms with E-state index in [1.54, 1.807) is 0 Å². The Morgan fingerprint density at radius 3 is 2.24 bits per heavy atom. The Kier molecular flexibility index (Phi) is 28.8. The Morgan fingerprint density at radius 1 is 0.976 bits per heavy atom. The third-order valence-corrected chi connectivity index (χ3v) is 5.73. The first-order chi connectivity index (χ1) is 20.5. The van der Waals surface area contributed by atoms with E-state index in [1.807, 2.05) is 58.3 Å². The van der Waals surface area contributed by atoms with Gasteiger partial charge in [-0.1, -0.05) is 92.6 Å². The second-order valence-electron chi connectivity index (χ2n) is 9.44. The van der Waals surface area contributed by atoms with Crippen LogP contribution in [0.4, 0.5) is 5.82 Å². The van der Waals surface area contributed by atoms with E-state index in [0.717, 1.165) is 37.7 Å². The number of pyridine rings is 1.